The fourth-order valence-electron chi connectivity index (χ4n) is 3.61. The summed E-state index contributed by atoms with van der Waals surface area (Å²) in [5.74, 6) is 4.65. The van der Waals surface area contributed by atoms with Crippen molar-refractivity contribution >= 4 is 23.5 Å². The molecule has 1 aromatic heterocycles. The number of rotatable bonds is 2. The van der Waals surface area contributed by atoms with Gasteiger partial charge in [0, 0.05) is 56.2 Å². The summed E-state index contributed by atoms with van der Waals surface area (Å²) in [6.07, 6.45) is 4.65. The van der Waals surface area contributed by atoms with E-state index in [9.17, 15) is 0 Å². The molecule has 22 heavy (non-hydrogen) atoms. The maximum absolute atomic E-state index is 5.04. The van der Waals surface area contributed by atoms with E-state index in [2.05, 4.69) is 26.9 Å². The monoisotopic (exact) mass is 319 g/mol. The van der Waals surface area contributed by atoms with E-state index in [0.717, 1.165) is 58.1 Å². The van der Waals surface area contributed by atoms with Crippen LogP contribution in [0.5, 0.6) is 0 Å². The van der Waals surface area contributed by atoms with Crippen LogP contribution in [0.2, 0.25) is 0 Å². The van der Waals surface area contributed by atoms with Crippen LogP contribution in [0.25, 0.3) is 0 Å². The maximum atomic E-state index is 5.04. The Morgan fingerprint density at radius 3 is 2.45 bits per heavy atom. The largest absolute Gasteiger partial charge is 0.355 e. The molecule has 120 valence electrons. The Labute approximate surface area is 136 Å². The van der Waals surface area contributed by atoms with Crippen molar-refractivity contribution in [3.05, 3.63) is 11.3 Å². The number of anilines is 2. The SMILES string of the molecule is C1CCN(c2nc3c(c(N4CCSCC4)n2)CCNCC3)C1. The molecular weight excluding hydrogens is 294 g/mol. The van der Waals surface area contributed by atoms with Crippen molar-refractivity contribution in [1.29, 1.82) is 0 Å². The number of fused-ring (bicyclic) bond motifs is 1. The van der Waals surface area contributed by atoms with Gasteiger partial charge in [-0.3, -0.25) is 0 Å². The fourth-order valence-corrected chi connectivity index (χ4v) is 4.51. The molecule has 2 fully saturated rings. The van der Waals surface area contributed by atoms with Crippen molar-refractivity contribution < 1.29 is 0 Å². The Morgan fingerprint density at radius 2 is 1.64 bits per heavy atom. The highest BCUT2D eigenvalue weighted by Gasteiger charge is 2.24. The third kappa shape index (κ3) is 2.91. The van der Waals surface area contributed by atoms with E-state index in [1.54, 1.807) is 0 Å². The lowest BCUT2D eigenvalue weighted by Gasteiger charge is -2.31. The van der Waals surface area contributed by atoms with Gasteiger partial charge in [0.15, 0.2) is 0 Å². The molecule has 6 heteroatoms. The van der Waals surface area contributed by atoms with Gasteiger partial charge in [0.1, 0.15) is 5.82 Å². The van der Waals surface area contributed by atoms with Gasteiger partial charge in [-0.05, 0) is 25.8 Å². The molecule has 4 rings (SSSR count). The average molecular weight is 319 g/mol. The average Bonchev–Trinajstić information content (AvgIpc) is 3.00. The third-order valence-corrected chi connectivity index (χ3v) is 5.79. The minimum atomic E-state index is 0.978. The molecule has 0 radical (unpaired) electrons. The second-order valence-corrected chi connectivity index (χ2v) is 7.54. The fraction of sp³-hybridized carbons (Fsp3) is 0.750. The summed E-state index contributed by atoms with van der Waals surface area (Å²) in [5, 5.41) is 3.51. The Balaban J connectivity index is 1.73. The summed E-state index contributed by atoms with van der Waals surface area (Å²) in [6.45, 7) is 6.58. The Kier molecular flexibility index (Phi) is 4.39. The number of thioether (sulfide) groups is 1. The number of nitrogens with one attached hydrogen (secondary N) is 1. The van der Waals surface area contributed by atoms with E-state index >= 15 is 0 Å². The van der Waals surface area contributed by atoms with Gasteiger partial charge in [-0.1, -0.05) is 0 Å². The molecule has 0 saturated carbocycles. The first-order valence-electron chi connectivity index (χ1n) is 8.60. The van der Waals surface area contributed by atoms with Gasteiger partial charge in [-0.2, -0.15) is 16.7 Å². The topological polar surface area (TPSA) is 44.3 Å². The van der Waals surface area contributed by atoms with Crippen LogP contribution in [0.1, 0.15) is 24.1 Å². The molecule has 2 saturated heterocycles. The summed E-state index contributed by atoms with van der Waals surface area (Å²) in [7, 11) is 0. The number of nitrogens with zero attached hydrogens (tertiary/aromatic N) is 4. The summed E-state index contributed by atoms with van der Waals surface area (Å²) in [4.78, 5) is 14.9. The van der Waals surface area contributed by atoms with Gasteiger partial charge in [0.05, 0.1) is 5.69 Å². The predicted octanol–water partition coefficient (Wildman–Crippen LogP) is 1.32. The molecule has 3 aliphatic heterocycles. The highest BCUT2D eigenvalue weighted by Crippen LogP contribution is 2.29. The lowest BCUT2D eigenvalue weighted by Crippen LogP contribution is -2.35. The van der Waals surface area contributed by atoms with Gasteiger partial charge in [0.2, 0.25) is 5.95 Å². The zero-order valence-corrected chi connectivity index (χ0v) is 14.0. The van der Waals surface area contributed by atoms with Crippen LogP contribution in [0.4, 0.5) is 11.8 Å². The molecule has 0 unspecified atom stereocenters. The van der Waals surface area contributed by atoms with Crippen molar-refractivity contribution in [1.82, 2.24) is 15.3 Å². The van der Waals surface area contributed by atoms with E-state index in [0.29, 0.717) is 0 Å². The summed E-state index contributed by atoms with van der Waals surface area (Å²) in [6, 6.07) is 0. The summed E-state index contributed by atoms with van der Waals surface area (Å²) < 4.78 is 0. The van der Waals surface area contributed by atoms with E-state index in [1.807, 2.05) is 0 Å². The Morgan fingerprint density at radius 1 is 0.864 bits per heavy atom. The zero-order chi connectivity index (χ0) is 14.8. The zero-order valence-electron chi connectivity index (χ0n) is 13.2. The van der Waals surface area contributed by atoms with Gasteiger partial charge < -0.3 is 15.1 Å². The quantitative estimate of drug-likeness (QED) is 0.887. The van der Waals surface area contributed by atoms with Gasteiger partial charge in [-0.25, -0.2) is 4.98 Å². The van der Waals surface area contributed by atoms with Crippen LogP contribution in [0.15, 0.2) is 0 Å². The second-order valence-electron chi connectivity index (χ2n) is 6.32. The van der Waals surface area contributed by atoms with Crippen molar-refractivity contribution in [3.63, 3.8) is 0 Å². The molecule has 5 nitrogen and oxygen atoms in total. The predicted molar refractivity (Wildman–Crippen MR) is 93.3 cm³/mol. The van der Waals surface area contributed by atoms with Gasteiger partial charge in [-0.15, -0.1) is 0 Å². The van der Waals surface area contributed by atoms with E-state index in [4.69, 9.17) is 9.97 Å². The maximum Gasteiger partial charge on any atom is 0.227 e. The van der Waals surface area contributed by atoms with Crippen LogP contribution in [-0.2, 0) is 12.8 Å². The van der Waals surface area contributed by atoms with E-state index in [1.165, 1.54) is 41.4 Å². The Hall–Kier alpha value is -1.01. The highest BCUT2D eigenvalue weighted by atomic mass is 32.2. The Bertz CT molecular complexity index is 524. The van der Waals surface area contributed by atoms with Crippen LogP contribution >= 0.6 is 11.8 Å². The van der Waals surface area contributed by atoms with Crippen molar-refractivity contribution in [2.45, 2.75) is 25.7 Å². The van der Waals surface area contributed by atoms with E-state index in [-0.39, 0.29) is 0 Å². The molecule has 1 aromatic rings. The van der Waals surface area contributed by atoms with Crippen molar-refractivity contribution in [2.24, 2.45) is 0 Å². The molecule has 3 aliphatic rings. The minimum Gasteiger partial charge on any atom is -0.355 e. The third-order valence-electron chi connectivity index (χ3n) is 4.85. The normalized spacial score (nSPS) is 22.5. The second kappa shape index (κ2) is 6.62. The molecule has 0 amide bonds. The van der Waals surface area contributed by atoms with Gasteiger partial charge >= 0.3 is 0 Å². The summed E-state index contributed by atoms with van der Waals surface area (Å²) >= 11 is 2.06. The lowest BCUT2D eigenvalue weighted by atomic mass is 10.1. The van der Waals surface area contributed by atoms with Crippen molar-refractivity contribution in [3.8, 4) is 0 Å². The first-order chi connectivity index (χ1) is 10.9. The molecule has 0 aromatic carbocycles. The molecule has 0 spiro atoms. The van der Waals surface area contributed by atoms with Crippen molar-refractivity contribution in [2.75, 3.05) is 60.6 Å². The smallest absolute Gasteiger partial charge is 0.227 e. The number of hydrogen-bond donors (Lipinski definition) is 1. The molecule has 4 heterocycles. The number of hydrogen-bond acceptors (Lipinski definition) is 6. The molecule has 0 bridgehead atoms. The van der Waals surface area contributed by atoms with Gasteiger partial charge in [0.25, 0.3) is 0 Å². The van der Waals surface area contributed by atoms with Crippen LogP contribution in [-0.4, -0.2) is 60.7 Å². The van der Waals surface area contributed by atoms with Crippen LogP contribution < -0.4 is 15.1 Å². The molecule has 0 atom stereocenters. The van der Waals surface area contributed by atoms with E-state index < -0.39 is 0 Å². The molecule has 0 aliphatic carbocycles. The molecule has 1 N–H and O–H groups in total. The first-order valence-corrected chi connectivity index (χ1v) is 9.75. The summed E-state index contributed by atoms with van der Waals surface area (Å²) in [5.41, 5.74) is 2.69. The number of aromatic nitrogens is 2. The molecular formula is C16H25N5S. The lowest BCUT2D eigenvalue weighted by molar-refractivity contribution is 0.707. The van der Waals surface area contributed by atoms with Crippen LogP contribution in [0.3, 0.4) is 0 Å². The highest BCUT2D eigenvalue weighted by molar-refractivity contribution is 7.99. The first kappa shape index (κ1) is 14.6. The minimum absolute atomic E-state index is 0.978. The standard InChI is InChI=1S/C16H25N5S/c1-2-8-21(7-1)16-18-14-4-6-17-5-3-13(14)15(19-16)20-9-11-22-12-10-20/h17H,1-12H2. The van der Waals surface area contributed by atoms with Crippen LogP contribution in [0, 0.1) is 0 Å².